The number of rotatable bonds is 5. The zero-order chi connectivity index (χ0) is 13.8. The molecule has 1 aromatic rings. The minimum Gasteiger partial charge on any atom is -0.493 e. The quantitative estimate of drug-likeness (QED) is 0.839. The number of hydrogen-bond acceptors (Lipinski definition) is 3. The third-order valence-corrected chi connectivity index (χ3v) is 4.59. The van der Waals surface area contributed by atoms with Crippen LogP contribution in [0, 0.1) is 0 Å². The molecular formula is C17H26N2O. The lowest BCUT2D eigenvalue weighted by Gasteiger charge is -2.24. The topological polar surface area (TPSA) is 38.5 Å². The molecule has 1 saturated heterocycles. The van der Waals surface area contributed by atoms with Crippen molar-refractivity contribution in [3.63, 3.8) is 0 Å². The van der Waals surface area contributed by atoms with E-state index in [0.717, 1.165) is 31.6 Å². The van der Waals surface area contributed by atoms with Crippen molar-refractivity contribution in [2.45, 2.75) is 44.6 Å². The molecule has 2 aliphatic rings. The van der Waals surface area contributed by atoms with Crippen molar-refractivity contribution >= 4 is 0 Å². The molecule has 1 fully saturated rings. The molecular weight excluding hydrogens is 248 g/mol. The van der Waals surface area contributed by atoms with Gasteiger partial charge in [-0.2, -0.15) is 0 Å². The first kappa shape index (κ1) is 13.9. The summed E-state index contributed by atoms with van der Waals surface area (Å²) >= 11 is 0. The molecule has 1 atom stereocenters. The van der Waals surface area contributed by atoms with Gasteiger partial charge < -0.3 is 15.4 Å². The van der Waals surface area contributed by atoms with Gasteiger partial charge in [-0.25, -0.2) is 0 Å². The average molecular weight is 274 g/mol. The SMILES string of the molecule is NC1CCCc2c(OCCCN3CCCC3)cccc21. The van der Waals surface area contributed by atoms with Gasteiger partial charge in [0.1, 0.15) is 5.75 Å². The van der Waals surface area contributed by atoms with Gasteiger partial charge in [0.25, 0.3) is 0 Å². The van der Waals surface area contributed by atoms with E-state index < -0.39 is 0 Å². The van der Waals surface area contributed by atoms with E-state index in [-0.39, 0.29) is 6.04 Å². The van der Waals surface area contributed by atoms with Crippen molar-refractivity contribution in [2.75, 3.05) is 26.2 Å². The second kappa shape index (κ2) is 6.59. The predicted octanol–water partition coefficient (Wildman–Crippen LogP) is 2.89. The van der Waals surface area contributed by atoms with Crippen molar-refractivity contribution < 1.29 is 4.74 Å². The molecule has 0 radical (unpaired) electrons. The van der Waals surface area contributed by atoms with Crippen molar-refractivity contribution in [3.8, 4) is 5.75 Å². The Morgan fingerprint density at radius 2 is 2.05 bits per heavy atom. The molecule has 3 rings (SSSR count). The Kier molecular flexibility index (Phi) is 4.58. The van der Waals surface area contributed by atoms with Crippen LogP contribution in [0.15, 0.2) is 18.2 Å². The Bertz CT molecular complexity index is 441. The highest BCUT2D eigenvalue weighted by molar-refractivity contribution is 5.43. The molecule has 1 unspecified atom stereocenters. The van der Waals surface area contributed by atoms with Crippen molar-refractivity contribution in [3.05, 3.63) is 29.3 Å². The minimum absolute atomic E-state index is 0.201. The molecule has 1 aliphatic heterocycles. The van der Waals surface area contributed by atoms with E-state index in [0.29, 0.717) is 0 Å². The Morgan fingerprint density at radius 3 is 2.90 bits per heavy atom. The summed E-state index contributed by atoms with van der Waals surface area (Å²) in [5.74, 6) is 1.07. The van der Waals surface area contributed by atoms with Gasteiger partial charge in [-0.05, 0) is 68.8 Å². The normalized spacial score (nSPS) is 22.8. The lowest BCUT2D eigenvalue weighted by molar-refractivity contribution is 0.261. The maximum absolute atomic E-state index is 6.19. The molecule has 0 amide bonds. The minimum atomic E-state index is 0.201. The van der Waals surface area contributed by atoms with Crippen LogP contribution in [0.5, 0.6) is 5.75 Å². The second-order valence-corrected chi connectivity index (χ2v) is 6.07. The Hall–Kier alpha value is -1.06. The van der Waals surface area contributed by atoms with E-state index in [4.69, 9.17) is 10.5 Å². The maximum Gasteiger partial charge on any atom is 0.122 e. The number of nitrogens with two attached hydrogens (primary N) is 1. The number of ether oxygens (including phenoxy) is 1. The fourth-order valence-corrected chi connectivity index (χ4v) is 3.46. The highest BCUT2D eigenvalue weighted by Crippen LogP contribution is 2.34. The van der Waals surface area contributed by atoms with E-state index >= 15 is 0 Å². The van der Waals surface area contributed by atoms with E-state index in [1.54, 1.807) is 0 Å². The third-order valence-electron chi connectivity index (χ3n) is 4.59. The number of likely N-dealkylation sites (tertiary alicyclic amines) is 1. The van der Waals surface area contributed by atoms with Crippen LogP contribution in [0.2, 0.25) is 0 Å². The summed E-state index contributed by atoms with van der Waals surface area (Å²) in [6, 6.07) is 6.55. The van der Waals surface area contributed by atoms with Crippen LogP contribution in [-0.4, -0.2) is 31.1 Å². The smallest absolute Gasteiger partial charge is 0.122 e. The summed E-state index contributed by atoms with van der Waals surface area (Å²) < 4.78 is 6.03. The Morgan fingerprint density at radius 1 is 1.20 bits per heavy atom. The summed E-state index contributed by atoms with van der Waals surface area (Å²) in [5, 5.41) is 0. The number of hydrogen-bond donors (Lipinski definition) is 1. The van der Waals surface area contributed by atoms with Gasteiger partial charge in [0.05, 0.1) is 6.61 Å². The zero-order valence-corrected chi connectivity index (χ0v) is 12.3. The molecule has 0 bridgehead atoms. The zero-order valence-electron chi connectivity index (χ0n) is 12.3. The van der Waals surface area contributed by atoms with Crippen LogP contribution in [0.3, 0.4) is 0 Å². The Labute approximate surface area is 122 Å². The molecule has 0 spiro atoms. The largest absolute Gasteiger partial charge is 0.493 e. The second-order valence-electron chi connectivity index (χ2n) is 6.07. The summed E-state index contributed by atoms with van der Waals surface area (Å²) in [4.78, 5) is 2.54. The number of nitrogens with zero attached hydrogens (tertiary/aromatic N) is 1. The highest BCUT2D eigenvalue weighted by Gasteiger charge is 2.19. The first-order valence-corrected chi connectivity index (χ1v) is 8.07. The summed E-state index contributed by atoms with van der Waals surface area (Å²) in [7, 11) is 0. The lowest BCUT2D eigenvalue weighted by atomic mass is 9.87. The van der Waals surface area contributed by atoms with E-state index in [9.17, 15) is 0 Å². The first-order valence-electron chi connectivity index (χ1n) is 8.07. The summed E-state index contributed by atoms with van der Waals surface area (Å²) in [6.07, 6.45) is 7.25. The van der Waals surface area contributed by atoms with Gasteiger partial charge in [0.2, 0.25) is 0 Å². The van der Waals surface area contributed by atoms with Gasteiger partial charge in [0, 0.05) is 12.6 Å². The molecule has 110 valence electrons. The molecule has 2 N–H and O–H groups in total. The monoisotopic (exact) mass is 274 g/mol. The number of fused-ring (bicyclic) bond motifs is 1. The third kappa shape index (κ3) is 3.15. The fraction of sp³-hybridized carbons (Fsp3) is 0.647. The lowest BCUT2D eigenvalue weighted by Crippen LogP contribution is -2.22. The van der Waals surface area contributed by atoms with Gasteiger partial charge in [0.15, 0.2) is 0 Å². The molecule has 0 saturated carbocycles. The molecule has 1 heterocycles. The molecule has 3 nitrogen and oxygen atoms in total. The van der Waals surface area contributed by atoms with E-state index in [2.05, 4.69) is 23.1 Å². The summed E-state index contributed by atoms with van der Waals surface area (Å²) in [5.41, 5.74) is 8.84. The fourth-order valence-electron chi connectivity index (χ4n) is 3.46. The van der Waals surface area contributed by atoms with Crippen LogP contribution in [0.1, 0.15) is 49.3 Å². The Balaban J connectivity index is 1.53. The van der Waals surface area contributed by atoms with Crippen molar-refractivity contribution in [1.29, 1.82) is 0 Å². The van der Waals surface area contributed by atoms with Crippen LogP contribution >= 0.6 is 0 Å². The maximum atomic E-state index is 6.19. The van der Waals surface area contributed by atoms with Crippen LogP contribution < -0.4 is 10.5 Å². The number of benzene rings is 1. The van der Waals surface area contributed by atoms with Crippen molar-refractivity contribution in [2.24, 2.45) is 5.73 Å². The van der Waals surface area contributed by atoms with Gasteiger partial charge in [-0.15, -0.1) is 0 Å². The molecule has 1 aliphatic carbocycles. The molecule has 3 heteroatoms. The van der Waals surface area contributed by atoms with Crippen molar-refractivity contribution in [1.82, 2.24) is 4.90 Å². The van der Waals surface area contributed by atoms with E-state index in [1.165, 1.54) is 50.0 Å². The van der Waals surface area contributed by atoms with Crippen LogP contribution in [-0.2, 0) is 6.42 Å². The van der Waals surface area contributed by atoms with Gasteiger partial charge >= 0.3 is 0 Å². The molecule has 0 aromatic heterocycles. The van der Waals surface area contributed by atoms with Crippen LogP contribution in [0.4, 0.5) is 0 Å². The molecule has 1 aromatic carbocycles. The summed E-state index contributed by atoms with van der Waals surface area (Å²) in [6.45, 7) is 4.54. The standard InChI is InChI=1S/C17H26N2O/c18-16-8-3-7-15-14(16)6-4-9-17(15)20-13-5-12-19-10-1-2-11-19/h4,6,9,16H,1-3,5,7-8,10-13,18H2. The highest BCUT2D eigenvalue weighted by atomic mass is 16.5. The first-order chi connectivity index (χ1) is 9.84. The van der Waals surface area contributed by atoms with Gasteiger partial charge in [-0.1, -0.05) is 12.1 Å². The van der Waals surface area contributed by atoms with Crippen LogP contribution in [0.25, 0.3) is 0 Å². The molecule has 20 heavy (non-hydrogen) atoms. The predicted molar refractivity (Wildman–Crippen MR) is 82.1 cm³/mol. The van der Waals surface area contributed by atoms with Gasteiger partial charge in [-0.3, -0.25) is 0 Å². The van der Waals surface area contributed by atoms with E-state index in [1.807, 2.05) is 0 Å². The average Bonchev–Trinajstić information content (AvgIpc) is 2.98.